The molecule has 3 rings (SSSR count). The molecule has 2 heterocycles. The number of nitrogens with one attached hydrogen (secondary N) is 1. The van der Waals surface area contributed by atoms with Crippen LogP contribution in [0, 0.1) is 0 Å². The van der Waals surface area contributed by atoms with E-state index in [1.54, 1.807) is 22.7 Å². The fourth-order valence-corrected chi connectivity index (χ4v) is 3.15. The van der Waals surface area contributed by atoms with E-state index < -0.39 is 0 Å². The molecule has 1 aliphatic carbocycles. The highest BCUT2D eigenvalue weighted by atomic mass is 32.1. The summed E-state index contributed by atoms with van der Waals surface area (Å²) in [6.45, 7) is 0. The number of hydrogen-bond acceptors (Lipinski definition) is 6. The summed E-state index contributed by atoms with van der Waals surface area (Å²) in [6.07, 6.45) is 2.54. The van der Waals surface area contributed by atoms with E-state index in [0.29, 0.717) is 5.92 Å². The molecule has 4 nitrogen and oxygen atoms in total. The lowest BCUT2D eigenvalue weighted by Gasteiger charge is -1.93. The van der Waals surface area contributed by atoms with E-state index in [4.69, 9.17) is 0 Å². The van der Waals surface area contributed by atoms with Crippen LogP contribution in [0.3, 0.4) is 0 Å². The van der Waals surface area contributed by atoms with Crippen LogP contribution in [0.4, 0.5) is 5.13 Å². The molecule has 0 unspecified atom stereocenters. The predicted molar refractivity (Wildman–Crippen MR) is 62.5 cm³/mol. The van der Waals surface area contributed by atoms with Gasteiger partial charge in [0.05, 0.1) is 16.1 Å². The van der Waals surface area contributed by atoms with E-state index in [1.807, 2.05) is 12.6 Å². The zero-order chi connectivity index (χ0) is 10.3. The van der Waals surface area contributed by atoms with Gasteiger partial charge < -0.3 is 5.32 Å². The number of thiazole rings is 1. The Balaban J connectivity index is 2.00. The molecule has 0 atom stereocenters. The molecular formula is C9H10N4S2. The number of nitrogens with zero attached hydrogens (tertiary/aromatic N) is 3. The van der Waals surface area contributed by atoms with E-state index in [2.05, 4.69) is 20.5 Å². The summed E-state index contributed by atoms with van der Waals surface area (Å²) in [5.41, 5.74) is 3.13. The summed E-state index contributed by atoms with van der Waals surface area (Å²) in [5, 5.41) is 13.1. The topological polar surface area (TPSA) is 50.7 Å². The van der Waals surface area contributed by atoms with Crippen LogP contribution in [0.5, 0.6) is 0 Å². The standard InChI is InChI=1S/C9H10N4S2/c1-10-9-13-12-8(15-9)7-6(5-2-3-5)11-4-14-7/h4-5H,2-3H2,1H3,(H,10,13). The largest absolute Gasteiger partial charge is 0.363 e. The maximum absolute atomic E-state index is 4.43. The highest BCUT2D eigenvalue weighted by Crippen LogP contribution is 2.45. The van der Waals surface area contributed by atoms with Gasteiger partial charge in [-0.15, -0.1) is 21.5 Å². The molecule has 1 saturated carbocycles. The van der Waals surface area contributed by atoms with Gasteiger partial charge in [0.25, 0.3) is 0 Å². The Morgan fingerprint density at radius 1 is 1.40 bits per heavy atom. The lowest BCUT2D eigenvalue weighted by Crippen LogP contribution is -1.84. The highest BCUT2D eigenvalue weighted by Gasteiger charge is 2.29. The smallest absolute Gasteiger partial charge is 0.205 e. The molecule has 0 saturated heterocycles. The molecule has 1 fully saturated rings. The highest BCUT2D eigenvalue weighted by molar-refractivity contribution is 7.22. The molecule has 6 heteroatoms. The Morgan fingerprint density at radius 2 is 2.27 bits per heavy atom. The van der Waals surface area contributed by atoms with E-state index in [0.717, 1.165) is 10.1 Å². The first-order chi connectivity index (χ1) is 7.38. The first kappa shape index (κ1) is 9.23. The molecule has 1 N–H and O–H groups in total. The number of rotatable bonds is 3. The van der Waals surface area contributed by atoms with Crippen molar-refractivity contribution in [1.29, 1.82) is 0 Å². The molecule has 0 radical (unpaired) electrons. The predicted octanol–water partition coefficient (Wildman–Crippen LogP) is 2.58. The third kappa shape index (κ3) is 1.63. The van der Waals surface area contributed by atoms with Crippen LogP contribution in [0.2, 0.25) is 0 Å². The first-order valence-corrected chi connectivity index (χ1v) is 6.53. The minimum absolute atomic E-state index is 0.674. The van der Waals surface area contributed by atoms with Gasteiger partial charge in [0.2, 0.25) is 5.13 Å². The number of aromatic nitrogens is 3. The van der Waals surface area contributed by atoms with Crippen molar-refractivity contribution in [2.75, 3.05) is 12.4 Å². The Morgan fingerprint density at radius 3 is 2.93 bits per heavy atom. The van der Waals surface area contributed by atoms with Gasteiger partial charge in [-0.2, -0.15) is 0 Å². The average molecular weight is 238 g/mol. The van der Waals surface area contributed by atoms with Gasteiger partial charge in [0, 0.05) is 13.0 Å². The Labute approximate surface area is 95.4 Å². The molecule has 2 aromatic rings. The van der Waals surface area contributed by atoms with Gasteiger partial charge in [-0.25, -0.2) is 4.98 Å². The fraction of sp³-hybridized carbons (Fsp3) is 0.444. The van der Waals surface area contributed by atoms with Crippen molar-refractivity contribution in [3.63, 3.8) is 0 Å². The van der Waals surface area contributed by atoms with Gasteiger partial charge in [-0.05, 0) is 12.8 Å². The zero-order valence-corrected chi connectivity index (χ0v) is 9.86. The Bertz CT molecular complexity index is 472. The number of anilines is 1. The maximum Gasteiger partial charge on any atom is 0.205 e. The van der Waals surface area contributed by atoms with Crippen molar-refractivity contribution >= 4 is 27.8 Å². The van der Waals surface area contributed by atoms with E-state index in [1.165, 1.54) is 23.4 Å². The third-order valence-corrected chi connectivity index (χ3v) is 4.33. The summed E-state index contributed by atoms with van der Waals surface area (Å²) in [5.74, 6) is 0.674. The third-order valence-electron chi connectivity index (χ3n) is 2.39. The molecule has 2 aromatic heterocycles. The fourth-order valence-electron chi connectivity index (χ4n) is 1.48. The van der Waals surface area contributed by atoms with Gasteiger partial charge in [-0.1, -0.05) is 11.3 Å². The van der Waals surface area contributed by atoms with E-state index in [9.17, 15) is 0 Å². The average Bonchev–Trinajstić information content (AvgIpc) is 2.83. The molecular weight excluding hydrogens is 228 g/mol. The summed E-state index contributed by atoms with van der Waals surface area (Å²) in [4.78, 5) is 5.63. The molecule has 0 bridgehead atoms. The van der Waals surface area contributed by atoms with Crippen molar-refractivity contribution in [3.8, 4) is 9.88 Å². The second kappa shape index (κ2) is 3.53. The monoisotopic (exact) mass is 238 g/mol. The van der Waals surface area contributed by atoms with Crippen LogP contribution in [0.15, 0.2) is 5.51 Å². The molecule has 0 aliphatic heterocycles. The van der Waals surface area contributed by atoms with Crippen LogP contribution in [0.25, 0.3) is 9.88 Å². The molecule has 15 heavy (non-hydrogen) atoms. The van der Waals surface area contributed by atoms with Crippen LogP contribution < -0.4 is 5.32 Å². The van der Waals surface area contributed by atoms with Crippen LogP contribution >= 0.6 is 22.7 Å². The summed E-state index contributed by atoms with van der Waals surface area (Å²) >= 11 is 3.25. The normalized spacial score (nSPS) is 15.5. The van der Waals surface area contributed by atoms with Gasteiger partial charge >= 0.3 is 0 Å². The second-order valence-corrected chi connectivity index (χ2v) is 5.34. The van der Waals surface area contributed by atoms with Gasteiger partial charge in [-0.3, -0.25) is 0 Å². The van der Waals surface area contributed by atoms with Crippen LogP contribution in [-0.2, 0) is 0 Å². The van der Waals surface area contributed by atoms with Crippen LogP contribution in [-0.4, -0.2) is 22.2 Å². The van der Waals surface area contributed by atoms with Crippen LogP contribution in [0.1, 0.15) is 24.5 Å². The summed E-state index contributed by atoms with van der Waals surface area (Å²) in [7, 11) is 1.86. The van der Waals surface area contributed by atoms with Crippen molar-refractivity contribution in [2.24, 2.45) is 0 Å². The molecule has 1 aliphatic rings. The van der Waals surface area contributed by atoms with Crippen molar-refractivity contribution < 1.29 is 0 Å². The Hall–Kier alpha value is -1.01. The van der Waals surface area contributed by atoms with Crippen molar-refractivity contribution in [3.05, 3.63) is 11.2 Å². The lowest BCUT2D eigenvalue weighted by molar-refractivity contribution is 1.04. The van der Waals surface area contributed by atoms with Crippen molar-refractivity contribution in [2.45, 2.75) is 18.8 Å². The quantitative estimate of drug-likeness (QED) is 0.893. The molecule has 0 amide bonds. The van der Waals surface area contributed by atoms with Crippen molar-refractivity contribution in [1.82, 2.24) is 15.2 Å². The SMILES string of the molecule is CNc1nnc(-c2scnc2C2CC2)s1. The maximum atomic E-state index is 4.43. The van der Waals surface area contributed by atoms with E-state index >= 15 is 0 Å². The minimum Gasteiger partial charge on any atom is -0.363 e. The van der Waals surface area contributed by atoms with Gasteiger partial charge in [0.1, 0.15) is 0 Å². The molecule has 78 valence electrons. The lowest BCUT2D eigenvalue weighted by atomic mass is 10.2. The zero-order valence-electron chi connectivity index (χ0n) is 8.23. The minimum atomic E-state index is 0.674. The molecule has 0 aromatic carbocycles. The van der Waals surface area contributed by atoms with E-state index in [-0.39, 0.29) is 0 Å². The van der Waals surface area contributed by atoms with Gasteiger partial charge in [0.15, 0.2) is 5.01 Å². The summed E-state index contributed by atoms with van der Waals surface area (Å²) < 4.78 is 0. The second-order valence-electron chi connectivity index (χ2n) is 3.50. The molecule has 0 spiro atoms. The Kier molecular flexibility index (Phi) is 2.17. The first-order valence-electron chi connectivity index (χ1n) is 4.83. The number of hydrogen-bond donors (Lipinski definition) is 1. The summed E-state index contributed by atoms with van der Waals surface area (Å²) in [6, 6.07) is 0.